The molecule has 0 fully saturated rings. The van der Waals surface area contributed by atoms with Crippen LogP contribution in [0.1, 0.15) is 18.3 Å². The second kappa shape index (κ2) is 8.69. The number of nitrogens with zero attached hydrogens (tertiary/aromatic N) is 3. The molecule has 0 radical (unpaired) electrons. The molecular weight excluding hydrogens is 462 g/mol. The molecule has 0 saturated carbocycles. The highest BCUT2D eigenvalue weighted by molar-refractivity contribution is 9.10. The molecule has 31 heavy (non-hydrogen) atoms. The quantitative estimate of drug-likeness (QED) is 0.417. The summed E-state index contributed by atoms with van der Waals surface area (Å²) in [5.41, 5.74) is 0.905. The number of aromatic nitrogens is 2. The molecule has 3 aromatic carbocycles. The Hall–Kier alpha value is -3.52. The first-order valence-electron chi connectivity index (χ1n) is 9.60. The van der Waals surface area contributed by atoms with Crippen molar-refractivity contribution in [1.29, 1.82) is 0 Å². The maximum Gasteiger partial charge on any atom is 0.341 e. The van der Waals surface area contributed by atoms with Gasteiger partial charge in [0, 0.05) is 16.5 Å². The fourth-order valence-electron chi connectivity index (χ4n) is 3.33. The van der Waals surface area contributed by atoms with Crippen LogP contribution in [0.5, 0.6) is 5.75 Å². The predicted octanol–water partition coefficient (Wildman–Crippen LogP) is 4.22. The smallest absolute Gasteiger partial charge is 0.341 e. The van der Waals surface area contributed by atoms with Crippen molar-refractivity contribution in [1.82, 2.24) is 9.66 Å². The van der Waals surface area contributed by atoms with Gasteiger partial charge in [0.05, 0.1) is 17.1 Å². The molecule has 0 unspecified atom stereocenters. The monoisotopic (exact) mass is 479 g/mol. The zero-order chi connectivity index (χ0) is 22.0. The van der Waals surface area contributed by atoms with E-state index in [1.54, 1.807) is 18.2 Å². The van der Waals surface area contributed by atoms with Crippen LogP contribution in [0.2, 0.25) is 0 Å². The number of aryl methyl sites for hydroxylation is 1. The summed E-state index contributed by atoms with van der Waals surface area (Å²) in [4.78, 5) is 28.7. The van der Waals surface area contributed by atoms with Gasteiger partial charge >= 0.3 is 5.97 Å². The number of aliphatic carboxylic acids is 1. The van der Waals surface area contributed by atoms with Crippen LogP contribution in [0.4, 0.5) is 0 Å². The average Bonchev–Trinajstić information content (AvgIpc) is 2.77. The van der Waals surface area contributed by atoms with Crippen LogP contribution in [-0.4, -0.2) is 33.6 Å². The van der Waals surface area contributed by atoms with Gasteiger partial charge in [-0.05, 0) is 35.0 Å². The lowest BCUT2D eigenvalue weighted by atomic mass is 10.0. The standard InChI is InChI=1S/C23H18BrN3O4/c1-2-21-26-19-9-8-15(24)11-17(19)23(30)27(21)25-12-18-16-6-4-3-5-14(16)7-10-20(18)31-13-22(28)29/h3-12H,2,13H2,1H3,(H,28,29). The van der Waals surface area contributed by atoms with E-state index >= 15 is 0 Å². The zero-order valence-corrected chi connectivity index (χ0v) is 18.2. The number of hydrogen-bond acceptors (Lipinski definition) is 5. The largest absolute Gasteiger partial charge is 0.481 e. The van der Waals surface area contributed by atoms with E-state index in [-0.39, 0.29) is 5.56 Å². The van der Waals surface area contributed by atoms with Gasteiger partial charge in [-0.25, -0.2) is 9.78 Å². The van der Waals surface area contributed by atoms with E-state index in [1.165, 1.54) is 10.9 Å². The van der Waals surface area contributed by atoms with Crippen molar-refractivity contribution in [2.24, 2.45) is 5.10 Å². The first-order valence-corrected chi connectivity index (χ1v) is 10.4. The number of benzene rings is 3. The molecule has 0 atom stereocenters. The minimum absolute atomic E-state index is 0.285. The van der Waals surface area contributed by atoms with E-state index in [2.05, 4.69) is 26.0 Å². The Morgan fingerprint density at radius 1 is 1.19 bits per heavy atom. The van der Waals surface area contributed by atoms with Gasteiger partial charge in [-0.3, -0.25) is 4.79 Å². The molecule has 7 nitrogen and oxygen atoms in total. The number of carboxylic acids is 1. The fourth-order valence-corrected chi connectivity index (χ4v) is 3.69. The van der Waals surface area contributed by atoms with Crippen LogP contribution < -0.4 is 10.3 Å². The molecule has 8 heteroatoms. The Balaban J connectivity index is 1.89. The van der Waals surface area contributed by atoms with Crippen LogP contribution >= 0.6 is 15.9 Å². The predicted molar refractivity (Wildman–Crippen MR) is 123 cm³/mol. The minimum Gasteiger partial charge on any atom is -0.481 e. The van der Waals surface area contributed by atoms with Gasteiger partial charge in [0.2, 0.25) is 0 Å². The fraction of sp³-hybridized carbons (Fsp3) is 0.130. The van der Waals surface area contributed by atoms with Crippen LogP contribution in [0.15, 0.2) is 69.0 Å². The van der Waals surface area contributed by atoms with Gasteiger partial charge < -0.3 is 9.84 Å². The molecule has 0 amide bonds. The van der Waals surface area contributed by atoms with E-state index in [4.69, 9.17) is 9.84 Å². The molecular formula is C23H18BrN3O4. The minimum atomic E-state index is -1.08. The van der Waals surface area contributed by atoms with E-state index in [0.717, 1.165) is 15.2 Å². The van der Waals surface area contributed by atoms with Crippen LogP contribution in [0, 0.1) is 0 Å². The number of carbonyl (C=O) groups is 1. The highest BCUT2D eigenvalue weighted by Crippen LogP contribution is 2.27. The average molecular weight is 480 g/mol. The molecule has 4 rings (SSSR count). The van der Waals surface area contributed by atoms with Crippen molar-refractivity contribution in [2.75, 3.05) is 6.61 Å². The topological polar surface area (TPSA) is 93.8 Å². The molecule has 4 aromatic rings. The first kappa shape index (κ1) is 20.7. The van der Waals surface area contributed by atoms with Crippen molar-refractivity contribution in [3.63, 3.8) is 0 Å². The van der Waals surface area contributed by atoms with Crippen molar-refractivity contribution < 1.29 is 14.6 Å². The summed E-state index contributed by atoms with van der Waals surface area (Å²) in [6.07, 6.45) is 2.03. The second-order valence-electron chi connectivity index (χ2n) is 6.79. The molecule has 0 aliphatic carbocycles. The summed E-state index contributed by atoms with van der Waals surface area (Å²) in [5.74, 6) is -0.193. The van der Waals surface area contributed by atoms with Crippen molar-refractivity contribution in [3.05, 3.63) is 80.8 Å². The number of fused-ring (bicyclic) bond motifs is 2. The van der Waals surface area contributed by atoms with Crippen molar-refractivity contribution in [2.45, 2.75) is 13.3 Å². The van der Waals surface area contributed by atoms with Crippen LogP contribution in [0.3, 0.4) is 0 Å². The maximum atomic E-state index is 13.1. The summed E-state index contributed by atoms with van der Waals surface area (Å²) < 4.78 is 7.52. The van der Waals surface area contributed by atoms with Crippen LogP contribution in [-0.2, 0) is 11.2 Å². The lowest BCUT2D eigenvalue weighted by Gasteiger charge is -2.11. The third kappa shape index (κ3) is 4.20. The molecule has 0 bridgehead atoms. The third-order valence-electron chi connectivity index (χ3n) is 4.78. The number of hydrogen-bond donors (Lipinski definition) is 1. The SMILES string of the molecule is CCc1nc2ccc(Br)cc2c(=O)n1N=Cc1c(OCC(=O)O)ccc2ccccc12. The van der Waals surface area contributed by atoms with Crippen LogP contribution in [0.25, 0.3) is 21.7 Å². The molecule has 0 aliphatic rings. The van der Waals surface area contributed by atoms with Gasteiger partial charge in [-0.15, -0.1) is 0 Å². The third-order valence-corrected chi connectivity index (χ3v) is 5.27. The Kier molecular flexibility index (Phi) is 5.81. The summed E-state index contributed by atoms with van der Waals surface area (Å²) >= 11 is 3.39. The number of carboxylic acid groups (broad SMARTS) is 1. The highest BCUT2D eigenvalue weighted by Gasteiger charge is 2.12. The molecule has 156 valence electrons. The Bertz CT molecular complexity index is 1400. The summed E-state index contributed by atoms with van der Waals surface area (Å²) in [5, 5.41) is 15.7. The first-order chi connectivity index (χ1) is 15.0. The Morgan fingerprint density at radius 3 is 2.77 bits per heavy atom. The molecule has 1 heterocycles. The van der Waals surface area contributed by atoms with Crippen molar-refractivity contribution >= 4 is 49.8 Å². The molecule has 0 spiro atoms. The van der Waals surface area contributed by atoms with Gasteiger partial charge in [0.1, 0.15) is 11.6 Å². The molecule has 0 saturated heterocycles. The van der Waals surface area contributed by atoms with E-state index in [0.29, 0.717) is 34.5 Å². The summed E-state index contributed by atoms with van der Waals surface area (Å²) in [6.45, 7) is 1.42. The normalized spacial score (nSPS) is 11.4. The van der Waals surface area contributed by atoms with Gasteiger partial charge in [-0.2, -0.15) is 9.78 Å². The summed E-state index contributed by atoms with van der Waals surface area (Å²) in [7, 11) is 0. The maximum absolute atomic E-state index is 13.1. The van der Waals surface area contributed by atoms with Crippen molar-refractivity contribution in [3.8, 4) is 5.75 Å². The molecule has 0 aliphatic heterocycles. The Morgan fingerprint density at radius 2 is 2.00 bits per heavy atom. The highest BCUT2D eigenvalue weighted by atomic mass is 79.9. The Labute approximate surface area is 185 Å². The number of halogens is 1. The lowest BCUT2D eigenvalue weighted by Crippen LogP contribution is -2.22. The molecule has 1 aromatic heterocycles. The van der Waals surface area contributed by atoms with E-state index in [9.17, 15) is 9.59 Å². The second-order valence-corrected chi connectivity index (χ2v) is 7.70. The van der Waals surface area contributed by atoms with Gasteiger partial charge in [-0.1, -0.05) is 53.2 Å². The lowest BCUT2D eigenvalue weighted by molar-refractivity contribution is -0.139. The number of rotatable bonds is 6. The van der Waals surface area contributed by atoms with Gasteiger partial charge in [0.15, 0.2) is 6.61 Å². The van der Waals surface area contributed by atoms with E-state index in [1.807, 2.05) is 43.3 Å². The zero-order valence-electron chi connectivity index (χ0n) is 16.6. The van der Waals surface area contributed by atoms with Gasteiger partial charge in [0.25, 0.3) is 5.56 Å². The van der Waals surface area contributed by atoms with E-state index < -0.39 is 12.6 Å². The summed E-state index contributed by atoms with van der Waals surface area (Å²) in [6, 6.07) is 16.5. The molecule has 1 N–H and O–H groups in total. The number of ether oxygens (including phenoxy) is 1.